The molecule has 3 heterocycles. The molecule has 3 aromatic rings. The number of piperazine rings is 1. The Balaban J connectivity index is 1.81. The molecule has 2 aromatic heterocycles. The van der Waals surface area contributed by atoms with Crippen molar-refractivity contribution in [3.8, 4) is 11.1 Å². The standard InChI is InChI=1S/C20H24ClN5/c1-4-24-9-11-25(12-10-24)18-13-14(2)22-20-19(15(3)23-26(18)20)16-5-7-17(21)8-6-16/h5-8,13H,4,9-12H2,1-3H3. The Labute approximate surface area is 159 Å². The molecule has 0 aliphatic carbocycles. The lowest BCUT2D eigenvalue weighted by Gasteiger charge is -2.35. The van der Waals surface area contributed by atoms with Gasteiger partial charge in [0, 0.05) is 48.5 Å². The summed E-state index contributed by atoms with van der Waals surface area (Å²) in [5.41, 5.74) is 5.10. The summed E-state index contributed by atoms with van der Waals surface area (Å²) in [6.07, 6.45) is 0. The van der Waals surface area contributed by atoms with E-state index in [1.165, 1.54) is 0 Å². The molecule has 4 rings (SSSR count). The molecule has 0 spiro atoms. The van der Waals surface area contributed by atoms with Crippen LogP contribution in [0.4, 0.5) is 5.82 Å². The normalized spacial score (nSPS) is 15.8. The summed E-state index contributed by atoms with van der Waals surface area (Å²) < 4.78 is 2.01. The molecule has 1 fully saturated rings. The van der Waals surface area contributed by atoms with Crippen LogP contribution in [0.3, 0.4) is 0 Å². The van der Waals surface area contributed by atoms with Crippen molar-refractivity contribution in [3.63, 3.8) is 0 Å². The molecular formula is C20H24ClN5. The van der Waals surface area contributed by atoms with Gasteiger partial charge >= 0.3 is 0 Å². The number of aromatic nitrogens is 3. The largest absolute Gasteiger partial charge is 0.354 e. The fraction of sp³-hybridized carbons (Fsp3) is 0.400. The van der Waals surface area contributed by atoms with Crippen LogP contribution in [0.15, 0.2) is 30.3 Å². The molecule has 0 amide bonds. The third kappa shape index (κ3) is 3.06. The van der Waals surface area contributed by atoms with Gasteiger partial charge in [-0.25, -0.2) is 4.98 Å². The number of nitrogens with zero attached hydrogens (tertiary/aromatic N) is 5. The lowest BCUT2D eigenvalue weighted by Crippen LogP contribution is -2.46. The highest BCUT2D eigenvalue weighted by atomic mass is 35.5. The second-order valence-corrected chi connectivity index (χ2v) is 7.32. The molecule has 0 atom stereocenters. The average molecular weight is 370 g/mol. The molecule has 26 heavy (non-hydrogen) atoms. The zero-order valence-electron chi connectivity index (χ0n) is 15.5. The molecule has 0 saturated carbocycles. The van der Waals surface area contributed by atoms with Crippen LogP contribution in [0.1, 0.15) is 18.3 Å². The molecule has 0 radical (unpaired) electrons. The van der Waals surface area contributed by atoms with Crippen LogP contribution in [-0.2, 0) is 0 Å². The van der Waals surface area contributed by atoms with Crippen molar-refractivity contribution in [2.75, 3.05) is 37.6 Å². The van der Waals surface area contributed by atoms with E-state index in [0.717, 1.165) is 71.7 Å². The molecule has 0 unspecified atom stereocenters. The quantitative estimate of drug-likeness (QED) is 0.703. The Morgan fingerprint density at radius 2 is 1.73 bits per heavy atom. The van der Waals surface area contributed by atoms with E-state index in [9.17, 15) is 0 Å². The van der Waals surface area contributed by atoms with Crippen molar-refractivity contribution in [3.05, 3.63) is 46.7 Å². The van der Waals surface area contributed by atoms with Gasteiger partial charge in [-0.3, -0.25) is 0 Å². The Bertz CT molecular complexity index is 924. The van der Waals surface area contributed by atoms with Gasteiger partial charge in [-0.2, -0.15) is 9.61 Å². The average Bonchev–Trinajstić information content (AvgIpc) is 2.97. The summed E-state index contributed by atoms with van der Waals surface area (Å²) in [6.45, 7) is 11.6. The zero-order valence-corrected chi connectivity index (χ0v) is 16.3. The van der Waals surface area contributed by atoms with Crippen LogP contribution < -0.4 is 4.90 Å². The molecule has 1 aliphatic heterocycles. The lowest BCUT2D eigenvalue weighted by molar-refractivity contribution is 0.270. The molecule has 1 aliphatic rings. The number of benzene rings is 1. The van der Waals surface area contributed by atoms with Gasteiger partial charge in [0.15, 0.2) is 5.65 Å². The van der Waals surface area contributed by atoms with E-state index in [2.05, 4.69) is 29.7 Å². The van der Waals surface area contributed by atoms with E-state index < -0.39 is 0 Å². The minimum atomic E-state index is 0.738. The molecule has 0 bridgehead atoms. The van der Waals surface area contributed by atoms with Crippen LogP contribution in [-0.4, -0.2) is 52.2 Å². The fourth-order valence-corrected chi connectivity index (χ4v) is 3.82. The predicted molar refractivity (Wildman–Crippen MR) is 107 cm³/mol. The van der Waals surface area contributed by atoms with Crippen LogP contribution in [0.5, 0.6) is 0 Å². The molecular weight excluding hydrogens is 346 g/mol. The summed E-state index contributed by atoms with van der Waals surface area (Å²) in [6, 6.07) is 10.1. The molecule has 6 heteroatoms. The topological polar surface area (TPSA) is 36.7 Å². The maximum absolute atomic E-state index is 6.06. The van der Waals surface area contributed by atoms with E-state index >= 15 is 0 Å². The van der Waals surface area contributed by atoms with Gasteiger partial charge in [-0.15, -0.1) is 0 Å². The van der Waals surface area contributed by atoms with Crippen molar-refractivity contribution in [1.29, 1.82) is 0 Å². The van der Waals surface area contributed by atoms with Gasteiger partial charge in [0.2, 0.25) is 0 Å². The maximum Gasteiger partial charge on any atom is 0.165 e. The van der Waals surface area contributed by atoms with Crippen molar-refractivity contribution in [1.82, 2.24) is 19.5 Å². The first kappa shape index (κ1) is 17.3. The van der Waals surface area contributed by atoms with E-state index in [0.29, 0.717) is 0 Å². The number of rotatable bonds is 3. The molecule has 136 valence electrons. The first-order valence-electron chi connectivity index (χ1n) is 9.17. The van der Waals surface area contributed by atoms with Gasteiger partial charge in [-0.05, 0) is 38.1 Å². The van der Waals surface area contributed by atoms with Crippen LogP contribution >= 0.6 is 11.6 Å². The third-order valence-corrected chi connectivity index (χ3v) is 5.40. The Kier molecular flexibility index (Phi) is 4.59. The van der Waals surface area contributed by atoms with Crippen molar-refractivity contribution in [2.45, 2.75) is 20.8 Å². The van der Waals surface area contributed by atoms with Gasteiger partial charge in [0.05, 0.1) is 5.69 Å². The summed E-state index contributed by atoms with van der Waals surface area (Å²) >= 11 is 6.06. The van der Waals surface area contributed by atoms with Crippen LogP contribution in [0, 0.1) is 13.8 Å². The van der Waals surface area contributed by atoms with Crippen LogP contribution in [0.25, 0.3) is 16.8 Å². The van der Waals surface area contributed by atoms with Crippen molar-refractivity contribution in [2.24, 2.45) is 0 Å². The summed E-state index contributed by atoms with van der Waals surface area (Å²) in [5.74, 6) is 1.13. The van der Waals surface area contributed by atoms with Gasteiger partial charge in [0.25, 0.3) is 0 Å². The molecule has 5 nitrogen and oxygen atoms in total. The smallest absolute Gasteiger partial charge is 0.165 e. The second kappa shape index (κ2) is 6.89. The minimum Gasteiger partial charge on any atom is -0.354 e. The van der Waals surface area contributed by atoms with E-state index in [4.69, 9.17) is 21.7 Å². The van der Waals surface area contributed by atoms with E-state index in [1.54, 1.807) is 0 Å². The highest BCUT2D eigenvalue weighted by Gasteiger charge is 2.22. The first-order chi connectivity index (χ1) is 12.6. The molecule has 1 saturated heterocycles. The SMILES string of the molecule is CCN1CCN(c2cc(C)nc3c(-c4ccc(Cl)cc4)c(C)nn23)CC1. The van der Waals surface area contributed by atoms with Gasteiger partial charge < -0.3 is 9.80 Å². The van der Waals surface area contributed by atoms with Gasteiger partial charge in [-0.1, -0.05) is 30.7 Å². The minimum absolute atomic E-state index is 0.738. The Hall–Kier alpha value is -2.11. The Morgan fingerprint density at radius 3 is 2.38 bits per heavy atom. The lowest BCUT2D eigenvalue weighted by atomic mass is 10.1. The van der Waals surface area contributed by atoms with E-state index in [1.807, 2.05) is 35.7 Å². The van der Waals surface area contributed by atoms with Crippen molar-refractivity contribution >= 4 is 23.1 Å². The summed E-state index contributed by atoms with van der Waals surface area (Å²) in [7, 11) is 0. The number of anilines is 1. The highest BCUT2D eigenvalue weighted by Crippen LogP contribution is 2.31. The number of hydrogen-bond acceptors (Lipinski definition) is 4. The predicted octanol–water partition coefficient (Wildman–Crippen LogP) is 3.81. The number of likely N-dealkylation sites (N-methyl/N-ethyl adjacent to an activating group) is 1. The monoisotopic (exact) mass is 369 g/mol. The second-order valence-electron chi connectivity index (χ2n) is 6.88. The van der Waals surface area contributed by atoms with Crippen molar-refractivity contribution < 1.29 is 0 Å². The zero-order chi connectivity index (χ0) is 18.3. The summed E-state index contributed by atoms with van der Waals surface area (Å²) in [5, 5.41) is 5.57. The first-order valence-corrected chi connectivity index (χ1v) is 9.55. The number of fused-ring (bicyclic) bond motifs is 1. The molecule has 1 aromatic carbocycles. The number of halogens is 1. The number of hydrogen-bond donors (Lipinski definition) is 0. The maximum atomic E-state index is 6.06. The third-order valence-electron chi connectivity index (χ3n) is 5.15. The highest BCUT2D eigenvalue weighted by molar-refractivity contribution is 6.30. The Morgan fingerprint density at radius 1 is 1.04 bits per heavy atom. The van der Waals surface area contributed by atoms with Gasteiger partial charge in [0.1, 0.15) is 5.82 Å². The fourth-order valence-electron chi connectivity index (χ4n) is 3.70. The van der Waals surface area contributed by atoms with E-state index in [-0.39, 0.29) is 0 Å². The molecule has 0 N–H and O–H groups in total. The summed E-state index contributed by atoms with van der Waals surface area (Å²) in [4.78, 5) is 9.72. The number of aryl methyl sites for hydroxylation is 2. The van der Waals surface area contributed by atoms with Crippen LogP contribution in [0.2, 0.25) is 5.02 Å².